The Bertz CT molecular complexity index is 363. The molecule has 0 amide bonds. The van der Waals surface area contributed by atoms with E-state index in [2.05, 4.69) is 13.8 Å². The quantitative estimate of drug-likeness (QED) is 0.806. The van der Waals surface area contributed by atoms with Gasteiger partial charge in [0.1, 0.15) is 10.6 Å². The molecule has 2 atom stereocenters. The van der Waals surface area contributed by atoms with Crippen LogP contribution in [-0.2, 0) is 11.1 Å². The first-order valence-corrected chi connectivity index (χ1v) is 5.99. The normalized spacial score (nSPS) is 14.7. The van der Waals surface area contributed by atoms with Gasteiger partial charge in [0.05, 0.1) is 7.11 Å². The maximum Gasteiger partial charge on any atom is 0.190 e. The van der Waals surface area contributed by atoms with Crippen LogP contribution < -0.4 is 4.74 Å². The first-order chi connectivity index (χ1) is 7.10. The molecule has 0 aromatic heterocycles. The lowest BCUT2D eigenvalue weighted by molar-refractivity contribution is 0.401. The van der Waals surface area contributed by atoms with Gasteiger partial charge in [-0.05, 0) is 30.0 Å². The van der Waals surface area contributed by atoms with Crippen molar-refractivity contribution < 1.29 is 13.5 Å². The van der Waals surface area contributed by atoms with E-state index >= 15 is 0 Å². The Kier molecular flexibility index (Phi) is 4.29. The fourth-order valence-electron chi connectivity index (χ4n) is 1.37. The minimum Gasteiger partial charge on any atom is -0.495 e. The molecule has 0 heterocycles. The molecule has 0 aliphatic rings. The molecule has 3 nitrogen and oxygen atoms in total. The number of ether oxygens (including phenoxy) is 1. The fourth-order valence-corrected chi connectivity index (χ4v) is 1.93. The van der Waals surface area contributed by atoms with Crippen molar-refractivity contribution in [3.63, 3.8) is 0 Å². The van der Waals surface area contributed by atoms with Crippen molar-refractivity contribution in [2.75, 3.05) is 7.11 Å². The molecule has 0 saturated heterocycles. The van der Waals surface area contributed by atoms with E-state index in [1.165, 1.54) is 7.11 Å². The summed E-state index contributed by atoms with van der Waals surface area (Å²) in [4.78, 5) is 0.343. The molecule has 0 aliphatic heterocycles. The smallest absolute Gasteiger partial charge is 0.190 e. The van der Waals surface area contributed by atoms with Crippen LogP contribution in [0.1, 0.15) is 31.7 Å². The Morgan fingerprint density at radius 1 is 1.53 bits per heavy atom. The standard InChI is InChI=1S/C11H16O3S/c1-4-8(2)9-5-6-10(14-3)11(7-9)15(12)13/h5-8H,4H2,1-3H3,(H,12,13). The lowest BCUT2D eigenvalue weighted by Crippen LogP contribution is -1.98. The SMILES string of the molecule is CCC(C)c1ccc(OC)c(S(=O)O)c1. The summed E-state index contributed by atoms with van der Waals surface area (Å²) in [6.45, 7) is 4.18. The molecule has 15 heavy (non-hydrogen) atoms. The van der Waals surface area contributed by atoms with E-state index in [4.69, 9.17) is 9.29 Å². The zero-order chi connectivity index (χ0) is 11.4. The summed E-state index contributed by atoms with van der Waals surface area (Å²) in [5.41, 5.74) is 1.07. The van der Waals surface area contributed by atoms with Gasteiger partial charge in [-0.25, -0.2) is 4.21 Å². The largest absolute Gasteiger partial charge is 0.495 e. The molecule has 84 valence electrons. The van der Waals surface area contributed by atoms with Crippen LogP contribution in [0.4, 0.5) is 0 Å². The summed E-state index contributed by atoms with van der Waals surface area (Å²) in [7, 11) is 1.49. The third-order valence-corrected chi connectivity index (χ3v) is 3.25. The Morgan fingerprint density at radius 2 is 2.20 bits per heavy atom. The third-order valence-electron chi connectivity index (χ3n) is 2.56. The van der Waals surface area contributed by atoms with E-state index in [-0.39, 0.29) is 0 Å². The van der Waals surface area contributed by atoms with Gasteiger partial charge in [-0.3, -0.25) is 0 Å². The summed E-state index contributed by atoms with van der Waals surface area (Å²) in [5.74, 6) is 0.848. The van der Waals surface area contributed by atoms with Crippen LogP contribution in [0.15, 0.2) is 23.1 Å². The Labute approximate surface area is 92.7 Å². The van der Waals surface area contributed by atoms with Gasteiger partial charge in [0.2, 0.25) is 0 Å². The topological polar surface area (TPSA) is 46.5 Å². The molecule has 0 fully saturated rings. The first kappa shape index (κ1) is 12.2. The van der Waals surface area contributed by atoms with Crippen LogP contribution in [0.3, 0.4) is 0 Å². The number of methoxy groups -OCH3 is 1. The van der Waals surface area contributed by atoms with E-state index in [1.807, 2.05) is 6.07 Å². The van der Waals surface area contributed by atoms with Crippen LogP contribution in [-0.4, -0.2) is 15.9 Å². The second-order valence-electron chi connectivity index (χ2n) is 3.47. The van der Waals surface area contributed by atoms with Crippen molar-refractivity contribution in [1.29, 1.82) is 0 Å². The monoisotopic (exact) mass is 228 g/mol. The second kappa shape index (κ2) is 5.28. The molecule has 1 N–H and O–H groups in total. The molecule has 1 aromatic rings. The zero-order valence-electron chi connectivity index (χ0n) is 9.19. The lowest BCUT2D eigenvalue weighted by atomic mass is 9.99. The van der Waals surface area contributed by atoms with Gasteiger partial charge in [0.15, 0.2) is 11.1 Å². The summed E-state index contributed by atoms with van der Waals surface area (Å²) < 4.78 is 25.2. The predicted molar refractivity (Wildman–Crippen MR) is 60.7 cm³/mol. The van der Waals surface area contributed by atoms with Gasteiger partial charge in [-0.2, -0.15) is 0 Å². The average molecular weight is 228 g/mol. The first-order valence-electron chi connectivity index (χ1n) is 4.89. The molecule has 1 rings (SSSR count). The second-order valence-corrected chi connectivity index (χ2v) is 4.41. The van der Waals surface area contributed by atoms with Gasteiger partial charge < -0.3 is 9.29 Å². The average Bonchev–Trinajstić information content (AvgIpc) is 2.27. The highest BCUT2D eigenvalue weighted by Gasteiger charge is 2.12. The predicted octanol–water partition coefficient (Wildman–Crippen LogP) is 2.79. The Hall–Kier alpha value is -0.870. The molecule has 2 unspecified atom stereocenters. The number of hydrogen-bond donors (Lipinski definition) is 1. The van der Waals surface area contributed by atoms with E-state index in [0.717, 1.165) is 12.0 Å². The summed E-state index contributed by atoms with van der Waals surface area (Å²) in [6, 6.07) is 5.41. The van der Waals surface area contributed by atoms with E-state index in [0.29, 0.717) is 16.6 Å². The van der Waals surface area contributed by atoms with Crippen LogP contribution in [0.25, 0.3) is 0 Å². The van der Waals surface area contributed by atoms with Gasteiger partial charge in [0.25, 0.3) is 0 Å². The van der Waals surface area contributed by atoms with Crippen LogP contribution in [0.2, 0.25) is 0 Å². The maximum absolute atomic E-state index is 11.1. The minimum atomic E-state index is -1.99. The zero-order valence-corrected chi connectivity index (χ0v) is 10.0. The van der Waals surface area contributed by atoms with Crippen molar-refractivity contribution >= 4 is 11.1 Å². The van der Waals surface area contributed by atoms with Gasteiger partial charge >= 0.3 is 0 Å². The molecular formula is C11H16O3S. The van der Waals surface area contributed by atoms with Crippen molar-refractivity contribution in [1.82, 2.24) is 0 Å². The van der Waals surface area contributed by atoms with Crippen molar-refractivity contribution in [3.8, 4) is 5.75 Å². The van der Waals surface area contributed by atoms with Crippen molar-refractivity contribution in [2.24, 2.45) is 0 Å². The number of rotatable bonds is 4. The van der Waals surface area contributed by atoms with Crippen LogP contribution >= 0.6 is 0 Å². The molecular weight excluding hydrogens is 212 g/mol. The lowest BCUT2D eigenvalue weighted by Gasteiger charge is -2.12. The van der Waals surface area contributed by atoms with E-state index in [9.17, 15) is 4.21 Å². The van der Waals surface area contributed by atoms with E-state index in [1.54, 1.807) is 12.1 Å². The Morgan fingerprint density at radius 3 is 2.67 bits per heavy atom. The van der Waals surface area contributed by atoms with Crippen LogP contribution in [0.5, 0.6) is 5.75 Å². The van der Waals surface area contributed by atoms with Gasteiger partial charge in [0, 0.05) is 0 Å². The number of hydrogen-bond acceptors (Lipinski definition) is 2. The number of benzene rings is 1. The fraction of sp³-hybridized carbons (Fsp3) is 0.455. The van der Waals surface area contributed by atoms with E-state index < -0.39 is 11.1 Å². The highest BCUT2D eigenvalue weighted by Crippen LogP contribution is 2.27. The molecule has 1 aromatic carbocycles. The molecule has 0 aliphatic carbocycles. The summed E-state index contributed by atoms with van der Waals surface area (Å²) in [5, 5.41) is 0. The molecule has 4 heteroatoms. The highest BCUT2D eigenvalue weighted by molar-refractivity contribution is 7.79. The Balaban J connectivity index is 3.16. The van der Waals surface area contributed by atoms with Gasteiger partial charge in [-0.15, -0.1) is 0 Å². The molecule has 0 bridgehead atoms. The third kappa shape index (κ3) is 2.79. The minimum absolute atomic E-state index is 0.343. The highest BCUT2D eigenvalue weighted by atomic mass is 32.2. The summed E-state index contributed by atoms with van der Waals surface area (Å²) in [6.07, 6.45) is 1.00. The van der Waals surface area contributed by atoms with Crippen molar-refractivity contribution in [2.45, 2.75) is 31.1 Å². The molecule has 0 spiro atoms. The molecule has 0 saturated carbocycles. The van der Waals surface area contributed by atoms with Gasteiger partial charge in [-0.1, -0.05) is 19.9 Å². The maximum atomic E-state index is 11.1. The van der Waals surface area contributed by atoms with Crippen LogP contribution in [0, 0.1) is 0 Å². The van der Waals surface area contributed by atoms with Crippen molar-refractivity contribution in [3.05, 3.63) is 23.8 Å². The molecule has 0 radical (unpaired) electrons. The summed E-state index contributed by atoms with van der Waals surface area (Å²) >= 11 is -1.99.